The van der Waals surface area contributed by atoms with Gasteiger partial charge >= 0.3 is 5.97 Å². The first-order valence-corrected chi connectivity index (χ1v) is 13.1. The Morgan fingerprint density at radius 3 is 2.19 bits per heavy atom. The number of carboxylic acids is 1. The SMILES string of the molecule is CN(C)c1ccc(-c2ccc(CN(C(=O)[C@@H]3C[C@@H]4CC[C@H]3C4)c3cccc(C=CC(=O)O)c3)cc2)cc1. The normalized spacial score (nSPS) is 20.3. The molecule has 1 amide bonds. The summed E-state index contributed by atoms with van der Waals surface area (Å²) in [5.74, 6) is 0.449. The minimum Gasteiger partial charge on any atom is -0.478 e. The summed E-state index contributed by atoms with van der Waals surface area (Å²) in [6.45, 7) is 0.485. The van der Waals surface area contributed by atoms with E-state index < -0.39 is 5.97 Å². The highest BCUT2D eigenvalue weighted by molar-refractivity contribution is 5.96. The lowest BCUT2D eigenvalue weighted by molar-refractivity contribution is -0.131. The van der Waals surface area contributed by atoms with Crippen molar-refractivity contribution in [3.05, 3.63) is 90.0 Å². The molecule has 3 atom stereocenters. The molecule has 190 valence electrons. The van der Waals surface area contributed by atoms with Gasteiger partial charge in [0.25, 0.3) is 0 Å². The van der Waals surface area contributed by atoms with Crippen molar-refractivity contribution >= 4 is 29.3 Å². The molecular formula is C32H34N2O3. The number of aliphatic carboxylic acids is 1. The van der Waals surface area contributed by atoms with E-state index >= 15 is 0 Å². The fourth-order valence-electron chi connectivity index (χ4n) is 5.94. The highest BCUT2D eigenvalue weighted by atomic mass is 16.4. The summed E-state index contributed by atoms with van der Waals surface area (Å²) in [5.41, 5.74) is 6.10. The molecule has 0 radical (unpaired) electrons. The minimum absolute atomic E-state index is 0.0754. The number of amides is 1. The van der Waals surface area contributed by atoms with E-state index in [-0.39, 0.29) is 11.8 Å². The van der Waals surface area contributed by atoms with Crippen LogP contribution in [0.4, 0.5) is 11.4 Å². The number of rotatable bonds is 8. The molecule has 2 bridgehead atoms. The Morgan fingerprint density at radius 1 is 0.892 bits per heavy atom. The van der Waals surface area contributed by atoms with Crippen molar-refractivity contribution in [2.24, 2.45) is 17.8 Å². The lowest BCUT2D eigenvalue weighted by Gasteiger charge is -2.30. The van der Waals surface area contributed by atoms with E-state index in [0.29, 0.717) is 18.4 Å². The Labute approximate surface area is 219 Å². The average Bonchev–Trinajstić information content (AvgIpc) is 3.55. The number of hydrogen-bond donors (Lipinski definition) is 1. The van der Waals surface area contributed by atoms with E-state index in [9.17, 15) is 9.59 Å². The molecule has 2 saturated carbocycles. The topological polar surface area (TPSA) is 60.9 Å². The number of carboxylic acid groups (broad SMARTS) is 1. The summed E-state index contributed by atoms with van der Waals surface area (Å²) in [5, 5.41) is 9.03. The molecule has 0 spiro atoms. The van der Waals surface area contributed by atoms with Crippen LogP contribution in [-0.4, -0.2) is 31.1 Å². The van der Waals surface area contributed by atoms with Crippen molar-refractivity contribution in [2.75, 3.05) is 23.9 Å². The fraction of sp³-hybridized carbons (Fsp3) is 0.312. The molecule has 3 aromatic rings. The number of benzene rings is 3. The van der Waals surface area contributed by atoms with E-state index in [1.807, 2.05) is 43.3 Å². The van der Waals surface area contributed by atoms with E-state index in [2.05, 4.69) is 53.4 Å². The van der Waals surface area contributed by atoms with E-state index in [4.69, 9.17) is 5.11 Å². The molecule has 0 aliphatic heterocycles. The number of hydrogen-bond acceptors (Lipinski definition) is 3. The van der Waals surface area contributed by atoms with Gasteiger partial charge in [-0.05, 0) is 83.7 Å². The van der Waals surface area contributed by atoms with E-state index in [1.165, 1.54) is 12.8 Å². The molecule has 5 heteroatoms. The zero-order valence-corrected chi connectivity index (χ0v) is 21.5. The molecule has 2 fully saturated rings. The number of carbonyl (C=O) groups excluding carboxylic acids is 1. The summed E-state index contributed by atoms with van der Waals surface area (Å²) < 4.78 is 0. The van der Waals surface area contributed by atoms with Gasteiger partial charge in [0.2, 0.25) is 5.91 Å². The summed E-state index contributed by atoms with van der Waals surface area (Å²) in [4.78, 5) is 28.9. The maximum atomic E-state index is 13.9. The maximum absolute atomic E-state index is 13.9. The fourth-order valence-corrected chi connectivity index (χ4v) is 5.94. The molecule has 1 N–H and O–H groups in total. The molecule has 2 aliphatic carbocycles. The van der Waals surface area contributed by atoms with Gasteiger partial charge in [-0.25, -0.2) is 4.79 Å². The smallest absolute Gasteiger partial charge is 0.328 e. The van der Waals surface area contributed by atoms with Crippen LogP contribution < -0.4 is 9.80 Å². The molecule has 0 aromatic heterocycles. The van der Waals surface area contributed by atoms with Crippen LogP contribution in [0.3, 0.4) is 0 Å². The quantitative estimate of drug-likeness (QED) is 0.364. The van der Waals surface area contributed by atoms with Gasteiger partial charge in [-0.2, -0.15) is 0 Å². The number of nitrogens with zero attached hydrogens (tertiary/aromatic N) is 2. The second-order valence-electron chi connectivity index (χ2n) is 10.6. The Bertz CT molecular complexity index is 1290. The van der Waals surface area contributed by atoms with Crippen LogP contribution in [0, 0.1) is 17.8 Å². The number of fused-ring (bicyclic) bond motifs is 2. The molecule has 37 heavy (non-hydrogen) atoms. The minimum atomic E-state index is -0.989. The maximum Gasteiger partial charge on any atom is 0.328 e. The first kappa shape index (κ1) is 24.8. The Kier molecular flexibility index (Phi) is 7.13. The lowest BCUT2D eigenvalue weighted by atomic mass is 9.87. The summed E-state index contributed by atoms with van der Waals surface area (Å²) in [7, 11) is 4.07. The molecular weight excluding hydrogens is 460 g/mol. The van der Waals surface area contributed by atoms with Gasteiger partial charge in [0.1, 0.15) is 0 Å². The number of anilines is 2. The molecule has 3 aromatic carbocycles. The van der Waals surface area contributed by atoms with Gasteiger partial charge in [0, 0.05) is 37.5 Å². The highest BCUT2D eigenvalue weighted by Gasteiger charge is 2.44. The molecule has 5 nitrogen and oxygen atoms in total. The van der Waals surface area contributed by atoms with Crippen LogP contribution in [0.25, 0.3) is 17.2 Å². The molecule has 0 unspecified atom stereocenters. The van der Waals surface area contributed by atoms with Crippen molar-refractivity contribution in [3.63, 3.8) is 0 Å². The van der Waals surface area contributed by atoms with Gasteiger partial charge in [-0.15, -0.1) is 0 Å². The third-order valence-corrected chi connectivity index (χ3v) is 7.93. The first-order valence-electron chi connectivity index (χ1n) is 13.1. The Morgan fingerprint density at radius 2 is 1.59 bits per heavy atom. The van der Waals surface area contributed by atoms with E-state index in [1.54, 1.807) is 6.08 Å². The molecule has 2 aliphatic rings. The predicted octanol–water partition coefficient (Wildman–Crippen LogP) is 6.49. The van der Waals surface area contributed by atoms with Gasteiger partial charge in [0.15, 0.2) is 0 Å². The van der Waals surface area contributed by atoms with Crippen molar-refractivity contribution in [3.8, 4) is 11.1 Å². The predicted molar refractivity (Wildman–Crippen MR) is 149 cm³/mol. The van der Waals surface area contributed by atoms with Crippen LogP contribution in [0.15, 0.2) is 78.9 Å². The second-order valence-corrected chi connectivity index (χ2v) is 10.6. The highest BCUT2D eigenvalue weighted by Crippen LogP contribution is 2.49. The summed E-state index contributed by atoms with van der Waals surface area (Å²) in [6, 6.07) is 24.5. The van der Waals surface area contributed by atoms with Crippen LogP contribution in [0.1, 0.15) is 36.8 Å². The molecule has 5 rings (SSSR count). The van der Waals surface area contributed by atoms with Crippen molar-refractivity contribution in [2.45, 2.75) is 32.2 Å². The zero-order chi connectivity index (χ0) is 25.9. The third-order valence-electron chi connectivity index (χ3n) is 7.93. The van der Waals surface area contributed by atoms with Crippen molar-refractivity contribution in [1.29, 1.82) is 0 Å². The van der Waals surface area contributed by atoms with Gasteiger partial charge in [0.05, 0.1) is 6.54 Å². The largest absolute Gasteiger partial charge is 0.478 e. The van der Waals surface area contributed by atoms with Crippen LogP contribution >= 0.6 is 0 Å². The number of carbonyl (C=O) groups is 2. The molecule has 0 saturated heterocycles. The van der Waals surface area contributed by atoms with Gasteiger partial charge in [-0.3, -0.25) is 4.79 Å². The van der Waals surface area contributed by atoms with Gasteiger partial charge in [-0.1, -0.05) is 55.0 Å². The molecule has 0 heterocycles. The standard InChI is InChI=1S/C32H34N2O3/c1-33(2)28-15-13-26(14-16-28)25-10-6-23(7-11-25)21-34(32(37)30-20-24-8-12-27(30)18-24)29-5-3-4-22(19-29)9-17-31(35)36/h3-7,9-11,13-17,19,24,27,30H,8,12,18,20-21H2,1-2H3,(H,35,36)/t24-,27+,30-/m1/s1. The van der Waals surface area contributed by atoms with Crippen LogP contribution in [-0.2, 0) is 16.1 Å². The zero-order valence-electron chi connectivity index (χ0n) is 21.5. The van der Waals surface area contributed by atoms with Gasteiger partial charge < -0.3 is 14.9 Å². The second kappa shape index (κ2) is 10.6. The summed E-state index contributed by atoms with van der Waals surface area (Å²) in [6.07, 6.45) is 7.26. The average molecular weight is 495 g/mol. The van der Waals surface area contributed by atoms with Crippen molar-refractivity contribution < 1.29 is 14.7 Å². The lowest BCUT2D eigenvalue weighted by Crippen LogP contribution is -2.38. The summed E-state index contributed by atoms with van der Waals surface area (Å²) >= 11 is 0. The monoisotopic (exact) mass is 494 g/mol. The first-order chi connectivity index (χ1) is 17.9. The van der Waals surface area contributed by atoms with Crippen molar-refractivity contribution in [1.82, 2.24) is 0 Å². The third kappa shape index (κ3) is 5.61. The van der Waals surface area contributed by atoms with Crippen LogP contribution in [0.2, 0.25) is 0 Å². The Hall–Kier alpha value is -3.86. The van der Waals surface area contributed by atoms with Crippen LogP contribution in [0.5, 0.6) is 0 Å². The Balaban J connectivity index is 1.40. The van der Waals surface area contributed by atoms with E-state index in [0.717, 1.165) is 52.5 Å².